The molecule has 1 heterocycles. The van der Waals surface area contributed by atoms with Crippen LogP contribution in [0.5, 0.6) is 0 Å². The number of nitrogens with one attached hydrogen (secondary N) is 1. The molecule has 5 nitrogen and oxygen atoms in total. The Hall–Kier alpha value is -2.14. The highest BCUT2D eigenvalue weighted by Gasteiger charge is 2.13. The first kappa shape index (κ1) is 16.2. The van der Waals surface area contributed by atoms with Gasteiger partial charge >= 0.3 is 0 Å². The van der Waals surface area contributed by atoms with Crippen LogP contribution in [-0.2, 0) is 11.8 Å². The molecule has 2 aromatic rings. The third-order valence-corrected chi connectivity index (χ3v) is 3.52. The van der Waals surface area contributed by atoms with Gasteiger partial charge in [-0.05, 0) is 31.4 Å². The average molecular weight is 301 g/mol. The van der Waals surface area contributed by atoms with Crippen molar-refractivity contribution in [3.8, 4) is 11.3 Å². The molecule has 2 rings (SSSR count). The molecule has 0 bridgehead atoms. The molecule has 0 spiro atoms. The molecule has 0 fully saturated rings. The molecule has 0 aliphatic rings. The highest BCUT2D eigenvalue weighted by molar-refractivity contribution is 5.93. The summed E-state index contributed by atoms with van der Waals surface area (Å²) in [6.45, 7) is 3.41. The zero-order valence-corrected chi connectivity index (χ0v) is 13.4. The Morgan fingerprint density at radius 1 is 1.27 bits per heavy atom. The Balaban J connectivity index is 1.99. The fourth-order valence-electron chi connectivity index (χ4n) is 2.24. The minimum atomic E-state index is -0.133. The molecular formula is C17H23N3O2. The fourth-order valence-corrected chi connectivity index (χ4v) is 2.24. The molecule has 118 valence electrons. The van der Waals surface area contributed by atoms with Crippen LogP contribution in [0.15, 0.2) is 30.3 Å². The number of nitrogens with zero attached hydrogens (tertiary/aromatic N) is 2. The number of carbonyl (C=O) groups excluding carboxylic acids is 1. The van der Waals surface area contributed by atoms with Crippen LogP contribution < -0.4 is 5.32 Å². The number of carbonyl (C=O) groups is 1. The number of methoxy groups -OCH3 is 1. The molecule has 1 aromatic carbocycles. The van der Waals surface area contributed by atoms with E-state index in [0.717, 1.165) is 30.7 Å². The molecule has 0 unspecified atom stereocenters. The summed E-state index contributed by atoms with van der Waals surface area (Å²) >= 11 is 0. The predicted molar refractivity (Wildman–Crippen MR) is 86.8 cm³/mol. The third-order valence-electron chi connectivity index (χ3n) is 3.52. The summed E-state index contributed by atoms with van der Waals surface area (Å²) in [7, 11) is 3.53. The minimum Gasteiger partial charge on any atom is -0.385 e. The maximum Gasteiger partial charge on any atom is 0.271 e. The van der Waals surface area contributed by atoms with E-state index in [1.54, 1.807) is 11.8 Å². The van der Waals surface area contributed by atoms with E-state index in [0.29, 0.717) is 12.2 Å². The molecule has 0 atom stereocenters. The quantitative estimate of drug-likeness (QED) is 0.800. The van der Waals surface area contributed by atoms with E-state index in [-0.39, 0.29) is 5.91 Å². The summed E-state index contributed by atoms with van der Waals surface area (Å²) in [6, 6.07) is 10.0. The molecular weight excluding hydrogens is 278 g/mol. The van der Waals surface area contributed by atoms with Crippen LogP contribution in [0.25, 0.3) is 11.3 Å². The SMILES string of the molecule is COCCCCNC(=O)c1cc(-c2ccc(C)cc2)n(C)n1. The van der Waals surface area contributed by atoms with E-state index in [9.17, 15) is 4.79 Å². The first-order chi connectivity index (χ1) is 10.6. The van der Waals surface area contributed by atoms with Gasteiger partial charge in [0, 0.05) is 27.3 Å². The maximum atomic E-state index is 12.1. The zero-order valence-electron chi connectivity index (χ0n) is 13.4. The van der Waals surface area contributed by atoms with E-state index in [2.05, 4.69) is 29.5 Å². The van der Waals surface area contributed by atoms with Gasteiger partial charge in [-0.1, -0.05) is 29.8 Å². The number of rotatable bonds is 7. The van der Waals surface area contributed by atoms with Crippen molar-refractivity contribution in [1.82, 2.24) is 15.1 Å². The zero-order chi connectivity index (χ0) is 15.9. The summed E-state index contributed by atoms with van der Waals surface area (Å²) in [5, 5.41) is 7.19. The standard InChI is InChI=1S/C17H23N3O2/c1-13-6-8-14(9-7-13)16-12-15(19-20(16)2)17(21)18-10-4-5-11-22-3/h6-9,12H,4-5,10-11H2,1-3H3,(H,18,21). The molecule has 22 heavy (non-hydrogen) atoms. The van der Waals surface area contributed by atoms with Gasteiger partial charge in [-0.3, -0.25) is 9.48 Å². The lowest BCUT2D eigenvalue weighted by molar-refractivity contribution is 0.0945. The molecule has 0 aliphatic heterocycles. The van der Waals surface area contributed by atoms with Crippen LogP contribution in [0, 0.1) is 6.92 Å². The molecule has 0 saturated heterocycles. The largest absolute Gasteiger partial charge is 0.385 e. The van der Waals surface area contributed by atoms with Crippen molar-refractivity contribution in [3.63, 3.8) is 0 Å². The van der Waals surface area contributed by atoms with E-state index < -0.39 is 0 Å². The number of ether oxygens (including phenoxy) is 1. The lowest BCUT2D eigenvalue weighted by atomic mass is 10.1. The second kappa shape index (κ2) is 7.75. The highest BCUT2D eigenvalue weighted by Crippen LogP contribution is 2.20. The topological polar surface area (TPSA) is 56.1 Å². The van der Waals surface area contributed by atoms with Gasteiger partial charge in [0.15, 0.2) is 5.69 Å². The highest BCUT2D eigenvalue weighted by atomic mass is 16.5. The van der Waals surface area contributed by atoms with Gasteiger partial charge in [-0.2, -0.15) is 5.10 Å². The molecule has 1 amide bonds. The van der Waals surface area contributed by atoms with Crippen LogP contribution in [0.4, 0.5) is 0 Å². The van der Waals surface area contributed by atoms with Gasteiger partial charge in [0.05, 0.1) is 5.69 Å². The van der Waals surface area contributed by atoms with Crippen molar-refractivity contribution in [2.75, 3.05) is 20.3 Å². The maximum absolute atomic E-state index is 12.1. The molecule has 1 aromatic heterocycles. The number of benzene rings is 1. The Morgan fingerprint density at radius 2 is 2.00 bits per heavy atom. The van der Waals surface area contributed by atoms with Crippen molar-refractivity contribution in [1.29, 1.82) is 0 Å². The Kier molecular flexibility index (Phi) is 5.72. The number of hydrogen-bond donors (Lipinski definition) is 1. The number of hydrogen-bond acceptors (Lipinski definition) is 3. The van der Waals surface area contributed by atoms with Crippen LogP contribution in [0.3, 0.4) is 0 Å². The summed E-state index contributed by atoms with van der Waals surface area (Å²) in [5.41, 5.74) is 3.65. The monoisotopic (exact) mass is 301 g/mol. The van der Waals surface area contributed by atoms with Crippen LogP contribution in [0.1, 0.15) is 28.9 Å². The van der Waals surface area contributed by atoms with Crippen LogP contribution in [0.2, 0.25) is 0 Å². The van der Waals surface area contributed by atoms with Gasteiger partial charge < -0.3 is 10.1 Å². The Bertz CT molecular complexity index is 617. The minimum absolute atomic E-state index is 0.133. The Labute approximate surface area is 131 Å². The number of aryl methyl sites for hydroxylation is 2. The van der Waals surface area contributed by atoms with Gasteiger partial charge in [-0.15, -0.1) is 0 Å². The van der Waals surface area contributed by atoms with E-state index in [4.69, 9.17) is 4.74 Å². The Morgan fingerprint density at radius 3 is 2.68 bits per heavy atom. The number of unbranched alkanes of at least 4 members (excludes halogenated alkanes) is 1. The molecule has 0 saturated carbocycles. The van der Waals surface area contributed by atoms with Crippen molar-refractivity contribution in [2.24, 2.45) is 7.05 Å². The molecule has 1 N–H and O–H groups in total. The fraction of sp³-hybridized carbons (Fsp3) is 0.412. The predicted octanol–water partition coefficient (Wildman–Crippen LogP) is 2.55. The van der Waals surface area contributed by atoms with Gasteiger partial charge in [-0.25, -0.2) is 0 Å². The van der Waals surface area contributed by atoms with Crippen LogP contribution >= 0.6 is 0 Å². The van der Waals surface area contributed by atoms with Crippen molar-refractivity contribution >= 4 is 5.91 Å². The normalized spacial score (nSPS) is 10.7. The number of amides is 1. The summed E-state index contributed by atoms with van der Waals surface area (Å²) in [6.07, 6.45) is 1.84. The summed E-state index contributed by atoms with van der Waals surface area (Å²) in [4.78, 5) is 12.1. The number of aromatic nitrogens is 2. The van der Waals surface area contributed by atoms with Crippen molar-refractivity contribution in [3.05, 3.63) is 41.6 Å². The van der Waals surface area contributed by atoms with E-state index in [1.165, 1.54) is 5.56 Å². The van der Waals surface area contributed by atoms with Crippen molar-refractivity contribution < 1.29 is 9.53 Å². The van der Waals surface area contributed by atoms with E-state index >= 15 is 0 Å². The smallest absolute Gasteiger partial charge is 0.271 e. The second-order valence-corrected chi connectivity index (χ2v) is 5.36. The third kappa shape index (κ3) is 4.18. The second-order valence-electron chi connectivity index (χ2n) is 5.36. The first-order valence-electron chi connectivity index (χ1n) is 7.50. The average Bonchev–Trinajstić information content (AvgIpc) is 2.90. The van der Waals surface area contributed by atoms with Crippen LogP contribution in [-0.4, -0.2) is 35.9 Å². The lowest BCUT2D eigenvalue weighted by Gasteiger charge is -2.02. The lowest BCUT2D eigenvalue weighted by Crippen LogP contribution is -2.25. The summed E-state index contributed by atoms with van der Waals surface area (Å²) in [5.74, 6) is -0.133. The molecule has 5 heteroatoms. The molecule has 0 aliphatic carbocycles. The molecule has 0 radical (unpaired) electrons. The van der Waals surface area contributed by atoms with Gasteiger partial charge in [0.25, 0.3) is 5.91 Å². The van der Waals surface area contributed by atoms with Gasteiger partial charge in [0.2, 0.25) is 0 Å². The van der Waals surface area contributed by atoms with Crippen molar-refractivity contribution in [2.45, 2.75) is 19.8 Å². The summed E-state index contributed by atoms with van der Waals surface area (Å²) < 4.78 is 6.72. The van der Waals surface area contributed by atoms with Gasteiger partial charge in [0.1, 0.15) is 0 Å². The van der Waals surface area contributed by atoms with E-state index in [1.807, 2.05) is 25.2 Å². The first-order valence-corrected chi connectivity index (χ1v) is 7.50.